The van der Waals surface area contributed by atoms with E-state index in [0.717, 1.165) is 12.1 Å². The molecule has 0 saturated carbocycles. The Bertz CT molecular complexity index is 318. The lowest BCUT2D eigenvalue weighted by molar-refractivity contribution is 0.174. The lowest BCUT2D eigenvalue weighted by Gasteiger charge is -2.31. The van der Waals surface area contributed by atoms with Crippen molar-refractivity contribution in [1.29, 1.82) is 0 Å². The molecule has 0 amide bonds. The van der Waals surface area contributed by atoms with Crippen LogP contribution in [0.2, 0.25) is 0 Å². The minimum Gasteiger partial charge on any atom is -0.330 e. The van der Waals surface area contributed by atoms with Crippen molar-refractivity contribution >= 4 is 11.3 Å². The monoisotopic (exact) mass is 239 g/mol. The van der Waals surface area contributed by atoms with E-state index in [1.807, 2.05) is 0 Å². The molecule has 90 valence electrons. The van der Waals surface area contributed by atoms with Crippen LogP contribution >= 0.6 is 11.3 Å². The summed E-state index contributed by atoms with van der Waals surface area (Å²) >= 11 is 1.78. The average Bonchev–Trinajstić information content (AvgIpc) is 2.78. The number of thiazole rings is 1. The zero-order valence-corrected chi connectivity index (χ0v) is 10.8. The number of rotatable bonds is 4. The fourth-order valence-electron chi connectivity index (χ4n) is 2.24. The first-order valence-electron chi connectivity index (χ1n) is 6.19. The minimum atomic E-state index is 0.483. The molecule has 1 unspecified atom stereocenters. The van der Waals surface area contributed by atoms with Gasteiger partial charge in [0.2, 0.25) is 0 Å². The van der Waals surface area contributed by atoms with Gasteiger partial charge in [0, 0.05) is 11.8 Å². The topological polar surface area (TPSA) is 42.1 Å². The summed E-state index contributed by atoms with van der Waals surface area (Å²) in [5.74, 6) is 0. The highest BCUT2D eigenvalue weighted by molar-refractivity contribution is 7.09. The number of hydrogen-bond donors (Lipinski definition) is 1. The van der Waals surface area contributed by atoms with Gasteiger partial charge in [-0.1, -0.05) is 6.42 Å². The summed E-state index contributed by atoms with van der Waals surface area (Å²) in [6.07, 6.45) is 4.97. The van der Waals surface area contributed by atoms with E-state index in [1.54, 1.807) is 11.3 Å². The van der Waals surface area contributed by atoms with Gasteiger partial charge in [0.25, 0.3) is 0 Å². The Labute approximate surface area is 102 Å². The maximum absolute atomic E-state index is 5.54. The van der Waals surface area contributed by atoms with Crippen molar-refractivity contribution < 1.29 is 0 Å². The first kappa shape index (κ1) is 12.0. The predicted molar refractivity (Wildman–Crippen MR) is 68.7 cm³/mol. The van der Waals surface area contributed by atoms with E-state index in [4.69, 9.17) is 5.73 Å². The van der Waals surface area contributed by atoms with Crippen LogP contribution in [0.25, 0.3) is 0 Å². The van der Waals surface area contributed by atoms with E-state index < -0.39 is 0 Å². The van der Waals surface area contributed by atoms with Crippen LogP contribution in [0.3, 0.4) is 0 Å². The van der Waals surface area contributed by atoms with Gasteiger partial charge in [0.15, 0.2) is 0 Å². The Kier molecular flexibility index (Phi) is 4.32. The third-order valence-corrected chi connectivity index (χ3v) is 4.33. The number of nitrogens with two attached hydrogens (primary N) is 1. The Morgan fingerprint density at radius 1 is 1.44 bits per heavy atom. The molecule has 2 N–H and O–H groups in total. The van der Waals surface area contributed by atoms with Crippen LogP contribution in [0.1, 0.15) is 42.9 Å². The van der Waals surface area contributed by atoms with Crippen LogP contribution in [0, 0.1) is 0 Å². The molecule has 4 heteroatoms. The largest absolute Gasteiger partial charge is 0.330 e. The van der Waals surface area contributed by atoms with E-state index in [1.165, 1.54) is 37.4 Å². The lowest BCUT2D eigenvalue weighted by atomic mass is 10.1. The van der Waals surface area contributed by atoms with Gasteiger partial charge in [0.05, 0.1) is 11.7 Å². The summed E-state index contributed by atoms with van der Waals surface area (Å²) in [5.41, 5.74) is 6.70. The minimum absolute atomic E-state index is 0.483. The van der Waals surface area contributed by atoms with Crippen LogP contribution in [0.15, 0.2) is 5.38 Å². The van der Waals surface area contributed by atoms with E-state index in [9.17, 15) is 0 Å². The summed E-state index contributed by atoms with van der Waals surface area (Å²) < 4.78 is 0. The number of piperidine rings is 1. The summed E-state index contributed by atoms with van der Waals surface area (Å²) in [7, 11) is 0. The van der Waals surface area contributed by atoms with Crippen molar-refractivity contribution in [2.24, 2.45) is 5.73 Å². The molecule has 1 aromatic rings. The summed E-state index contributed by atoms with van der Waals surface area (Å²) in [5, 5.41) is 3.41. The SMILES string of the molecule is CC(c1nc(CCN)cs1)N1CCCCC1. The molecule has 1 saturated heterocycles. The molecule has 0 radical (unpaired) electrons. The van der Waals surface area contributed by atoms with Gasteiger partial charge in [-0.05, 0) is 39.4 Å². The molecular weight excluding hydrogens is 218 g/mol. The molecule has 1 aromatic heterocycles. The molecule has 1 aliphatic heterocycles. The highest BCUT2D eigenvalue weighted by Gasteiger charge is 2.20. The summed E-state index contributed by atoms with van der Waals surface area (Å²) in [4.78, 5) is 7.22. The van der Waals surface area contributed by atoms with Gasteiger partial charge in [-0.2, -0.15) is 0 Å². The van der Waals surface area contributed by atoms with Gasteiger partial charge in [-0.3, -0.25) is 4.90 Å². The number of hydrogen-bond acceptors (Lipinski definition) is 4. The second kappa shape index (κ2) is 5.75. The second-order valence-electron chi connectivity index (χ2n) is 4.49. The van der Waals surface area contributed by atoms with Crippen molar-refractivity contribution in [3.05, 3.63) is 16.1 Å². The van der Waals surface area contributed by atoms with Gasteiger partial charge < -0.3 is 5.73 Å². The molecule has 2 rings (SSSR count). The molecular formula is C12H21N3S. The number of aromatic nitrogens is 1. The van der Waals surface area contributed by atoms with Crippen LogP contribution in [-0.2, 0) is 6.42 Å². The van der Waals surface area contributed by atoms with Crippen molar-refractivity contribution in [3.63, 3.8) is 0 Å². The average molecular weight is 239 g/mol. The van der Waals surface area contributed by atoms with Gasteiger partial charge >= 0.3 is 0 Å². The van der Waals surface area contributed by atoms with Gasteiger partial charge in [-0.15, -0.1) is 11.3 Å². The normalized spacial score (nSPS) is 19.9. The molecule has 0 spiro atoms. The zero-order chi connectivity index (χ0) is 11.4. The fraction of sp³-hybridized carbons (Fsp3) is 0.750. The van der Waals surface area contributed by atoms with E-state index >= 15 is 0 Å². The maximum atomic E-state index is 5.54. The highest BCUT2D eigenvalue weighted by Crippen LogP contribution is 2.26. The van der Waals surface area contributed by atoms with Gasteiger partial charge in [-0.25, -0.2) is 4.98 Å². The highest BCUT2D eigenvalue weighted by atomic mass is 32.1. The molecule has 1 atom stereocenters. The molecule has 16 heavy (non-hydrogen) atoms. The summed E-state index contributed by atoms with van der Waals surface area (Å²) in [6, 6.07) is 0.483. The zero-order valence-electron chi connectivity index (χ0n) is 9.98. The van der Waals surface area contributed by atoms with Crippen molar-refractivity contribution in [2.45, 2.75) is 38.6 Å². The van der Waals surface area contributed by atoms with E-state index in [-0.39, 0.29) is 0 Å². The second-order valence-corrected chi connectivity index (χ2v) is 5.38. The molecule has 0 aliphatic carbocycles. The third kappa shape index (κ3) is 2.81. The molecule has 1 fully saturated rings. The first-order chi connectivity index (χ1) is 7.81. The number of nitrogens with zero attached hydrogens (tertiary/aromatic N) is 2. The Hall–Kier alpha value is -0.450. The smallest absolute Gasteiger partial charge is 0.110 e. The van der Waals surface area contributed by atoms with E-state index in [0.29, 0.717) is 12.6 Å². The van der Waals surface area contributed by atoms with Crippen molar-refractivity contribution in [2.75, 3.05) is 19.6 Å². The Balaban J connectivity index is 1.98. The van der Waals surface area contributed by atoms with Crippen molar-refractivity contribution in [3.8, 4) is 0 Å². The fourth-order valence-corrected chi connectivity index (χ4v) is 3.18. The molecule has 1 aliphatic rings. The van der Waals surface area contributed by atoms with Gasteiger partial charge in [0.1, 0.15) is 5.01 Å². The van der Waals surface area contributed by atoms with Crippen LogP contribution in [0.5, 0.6) is 0 Å². The molecule has 3 nitrogen and oxygen atoms in total. The van der Waals surface area contributed by atoms with Crippen molar-refractivity contribution in [1.82, 2.24) is 9.88 Å². The van der Waals surface area contributed by atoms with Crippen LogP contribution in [-0.4, -0.2) is 29.5 Å². The summed E-state index contributed by atoms with van der Waals surface area (Å²) in [6.45, 7) is 5.43. The standard InChI is InChI=1S/C12H21N3S/c1-10(15-7-3-2-4-8-15)12-14-11(5-6-13)9-16-12/h9-10H,2-8,13H2,1H3. The predicted octanol–water partition coefficient (Wildman–Crippen LogP) is 2.19. The maximum Gasteiger partial charge on any atom is 0.110 e. The Morgan fingerprint density at radius 2 is 2.19 bits per heavy atom. The molecule has 2 heterocycles. The Morgan fingerprint density at radius 3 is 2.88 bits per heavy atom. The van der Waals surface area contributed by atoms with E-state index in [2.05, 4.69) is 22.2 Å². The lowest BCUT2D eigenvalue weighted by Crippen LogP contribution is -2.32. The quantitative estimate of drug-likeness (QED) is 0.876. The number of likely N-dealkylation sites (tertiary alicyclic amines) is 1. The van der Waals surface area contributed by atoms with Crippen LogP contribution < -0.4 is 5.73 Å². The third-order valence-electron chi connectivity index (χ3n) is 3.27. The molecule has 0 aromatic carbocycles. The van der Waals surface area contributed by atoms with Crippen LogP contribution in [0.4, 0.5) is 0 Å². The first-order valence-corrected chi connectivity index (χ1v) is 7.07. The molecule has 0 bridgehead atoms.